The van der Waals surface area contributed by atoms with Gasteiger partial charge in [-0.2, -0.15) is 0 Å². The van der Waals surface area contributed by atoms with Gasteiger partial charge in [0.25, 0.3) is 5.56 Å². The number of hydrogen-bond acceptors (Lipinski definition) is 5. The molecule has 32 heavy (non-hydrogen) atoms. The number of aromatic nitrogens is 1. The molecule has 1 fully saturated rings. The van der Waals surface area contributed by atoms with Crippen molar-refractivity contribution in [3.63, 3.8) is 0 Å². The van der Waals surface area contributed by atoms with Crippen LogP contribution in [0.25, 0.3) is 10.8 Å². The molecule has 7 heteroatoms. The Balaban J connectivity index is 1.54. The van der Waals surface area contributed by atoms with E-state index in [4.69, 9.17) is 14.2 Å². The molecule has 0 unspecified atom stereocenters. The molecule has 1 N–H and O–H groups in total. The van der Waals surface area contributed by atoms with Gasteiger partial charge in [-0.05, 0) is 43.0 Å². The smallest absolute Gasteiger partial charge is 0.258 e. The lowest BCUT2D eigenvalue weighted by atomic mass is 10.00. The van der Waals surface area contributed by atoms with Crippen LogP contribution in [0, 0.1) is 5.92 Å². The van der Waals surface area contributed by atoms with Crippen molar-refractivity contribution in [2.45, 2.75) is 25.8 Å². The normalized spacial score (nSPS) is 14.3. The van der Waals surface area contributed by atoms with Crippen LogP contribution in [-0.2, 0) is 22.5 Å². The second-order valence-corrected chi connectivity index (χ2v) is 8.00. The number of fused-ring (bicyclic) bond motifs is 1. The van der Waals surface area contributed by atoms with Crippen LogP contribution in [-0.4, -0.2) is 37.9 Å². The zero-order valence-electron chi connectivity index (χ0n) is 18.4. The van der Waals surface area contributed by atoms with Crippen molar-refractivity contribution in [2.24, 2.45) is 5.92 Å². The molecule has 7 nitrogen and oxygen atoms in total. The molecule has 0 bridgehead atoms. The molecule has 2 aromatic carbocycles. The Morgan fingerprint density at radius 1 is 1.09 bits per heavy atom. The standard InChI is InChI=1S/C25H28N2O5/c1-30-19-7-6-18(23(15-19)31-2)14-24(28)26-22-5-3-4-21-20(22)8-11-27(25(21)29)16-17-9-12-32-13-10-17/h3-8,11,15,17H,9-10,12-14,16H2,1-2H3,(H,26,28). The molecule has 1 amide bonds. The van der Waals surface area contributed by atoms with E-state index in [1.165, 1.54) is 0 Å². The van der Waals surface area contributed by atoms with Crippen molar-refractivity contribution in [2.75, 3.05) is 32.8 Å². The van der Waals surface area contributed by atoms with Crippen molar-refractivity contribution in [3.8, 4) is 11.5 Å². The van der Waals surface area contributed by atoms with Crippen LogP contribution in [0.1, 0.15) is 18.4 Å². The highest BCUT2D eigenvalue weighted by atomic mass is 16.5. The largest absolute Gasteiger partial charge is 0.497 e. The number of pyridine rings is 1. The Hall–Kier alpha value is -3.32. The number of nitrogens with one attached hydrogen (secondary N) is 1. The van der Waals surface area contributed by atoms with E-state index in [2.05, 4.69) is 5.32 Å². The molecule has 1 aliphatic rings. The summed E-state index contributed by atoms with van der Waals surface area (Å²) in [6.07, 6.45) is 3.90. The number of carbonyl (C=O) groups is 1. The molecule has 2 heterocycles. The Morgan fingerprint density at radius 2 is 1.91 bits per heavy atom. The van der Waals surface area contributed by atoms with Gasteiger partial charge in [0.2, 0.25) is 5.91 Å². The number of hydrogen-bond donors (Lipinski definition) is 1. The SMILES string of the molecule is COc1ccc(CC(=O)Nc2cccc3c(=O)n(CC4CCOCC4)ccc23)c(OC)c1. The van der Waals surface area contributed by atoms with E-state index < -0.39 is 0 Å². The monoisotopic (exact) mass is 436 g/mol. The summed E-state index contributed by atoms with van der Waals surface area (Å²) in [7, 11) is 3.14. The van der Waals surface area contributed by atoms with Gasteiger partial charge in [0.15, 0.2) is 0 Å². The van der Waals surface area contributed by atoms with E-state index >= 15 is 0 Å². The fourth-order valence-corrected chi connectivity index (χ4v) is 4.14. The van der Waals surface area contributed by atoms with E-state index in [1.54, 1.807) is 43.1 Å². The first-order chi connectivity index (χ1) is 15.6. The van der Waals surface area contributed by atoms with Crippen molar-refractivity contribution in [1.29, 1.82) is 0 Å². The maximum absolute atomic E-state index is 13.1. The van der Waals surface area contributed by atoms with E-state index in [0.29, 0.717) is 35.0 Å². The molecule has 1 aromatic heterocycles. The van der Waals surface area contributed by atoms with E-state index in [1.807, 2.05) is 24.4 Å². The number of nitrogens with zero attached hydrogens (tertiary/aromatic N) is 1. The number of ether oxygens (including phenoxy) is 3. The maximum atomic E-state index is 13.1. The Bertz CT molecular complexity index is 1160. The number of carbonyl (C=O) groups excluding carboxylic acids is 1. The summed E-state index contributed by atoms with van der Waals surface area (Å²) in [4.78, 5) is 25.8. The molecule has 4 rings (SSSR count). The average Bonchev–Trinajstić information content (AvgIpc) is 2.82. The zero-order valence-corrected chi connectivity index (χ0v) is 18.4. The minimum atomic E-state index is -0.188. The molecule has 0 saturated carbocycles. The highest BCUT2D eigenvalue weighted by Crippen LogP contribution is 2.26. The van der Waals surface area contributed by atoms with Crippen LogP contribution < -0.4 is 20.3 Å². The predicted octanol–water partition coefficient (Wildman–Crippen LogP) is 3.63. The fraction of sp³-hybridized carbons (Fsp3) is 0.360. The van der Waals surface area contributed by atoms with Gasteiger partial charge in [0.05, 0.1) is 20.6 Å². The molecule has 0 radical (unpaired) electrons. The molecular formula is C25H28N2O5. The van der Waals surface area contributed by atoms with Crippen molar-refractivity contribution in [3.05, 3.63) is 64.6 Å². The maximum Gasteiger partial charge on any atom is 0.258 e. The Morgan fingerprint density at radius 3 is 2.66 bits per heavy atom. The van der Waals surface area contributed by atoms with Crippen LogP contribution in [0.2, 0.25) is 0 Å². The molecule has 0 spiro atoms. The first-order valence-corrected chi connectivity index (χ1v) is 10.8. The molecule has 1 saturated heterocycles. The van der Waals surface area contributed by atoms with Gasteiger partial charge in [0.1, 0.15) is 11.5 Å². The molecule has 0 atom stereocenters. The van der Waals surface area contributed by atoms with Crippen molar-refractivity contribution < 1.29 is 19.0 Å². The third-order valence-corrected chi connectivity index (χ3v) is 5.93. The average molecular weight is 437 g/mol. The van der Waals surface area contributed by atoms with Gasteiger partial charge in [-0.25, -0.2) is 0 Å². The number of methoxy groups -OCH3 is 2. The highest BCUT2D eigenvalue weighted by Gasteiger charge is 2.17. The Kier molecular flexibility index (Phi) is 6.75. The van der Waals surface area contributed by atoms with Gasteiger partial charge >= 0.3 is 0 Å². The summed E-state index contributed by atoms with van der Waals surface area (Å²) >= 11 is 0. The van der Waals surface area contributed by atoms with E-state index in [0.717, 1.165) is 37.0 Å². The van der Waals surface area contributed by atoms with Gasteiger partial charge in [-0.1, -0.05) is 12.1 Å². The summed E-state index contributed by atoms with van der Waals surface area (Å²) < 4.78 is 17.8. The first-order valence-electron chi connectivity index (χ1n) is 10.8. The van der Waals surface area contributed by atoms with Crippen LogP contribution >= 0.6 is 0 Å². The van der Waals surface area contributed by atoms with Gasteiger partial charge in [-0.3, -0.25) is 9.59 Å². The zero-order chi connectivity index (χ0) is 22.5. The highest BCUT2D eigenvalue weighted by molar-refractivity contribution is 6.02. The van der Waals surface area contributed by atoms with E-state index in [9.17, 15) is 9.59 Å². The van der Waals surface area contributed by atoms with Gasteiger partial charge in [0, 0.05) is 54.0 Å². The summed E-state index contributed by atoms with van der Waals surface area (Å²) in [5.41, 5.74) is 1.34. The van der Waals surface area contributed by atoms with E-state index in [-0.39, 0.29) is 17.9 Å². The minimum Gasteiger partial charge on any atom is -0.497 e. The fourth-order valence-electron chi connectivity index (χ4n) is 4.14. The summed E-state index contributed by atoms with van der Waals surface area (Å²) in [5.74, 6) is 1.51. The molecule has 3 aromatic rings. The molecule has 168 valence electrons. The van der Waals surface area contributed by atoms with Crippen molar-refractivity contribution >= 4 is 22.4 Å². The summed E-state index contributed by atoms with van der Waals surface area (Å²) in [5, 5.41) is 4.28. The van der Waals surface area contributed by atoms with Crippen LogP contribution in [0.5, 0.6) is 11.5 Å². The second-order valence-electron chi connectivity index (χ2n) is 8.00. The second kappa shape index (κ2) is 9.87. The Labute approximate surface area is 186 Å². The molecule has 1 aliphatic heterocycles. The topological polar surface area (TPSA) is 78.8 Å². The third-order valence-electron chi connectivity index (χ3n) is 5.93. The van der Waals surface area contributed by atoms with Gasteiger partial charge in [-0.15, -0.1) is 0 Å². The van der Waals surface area contributed by atoms with Crippen LogP contribution in [0.15, 0.2) is 53.5 Å². The van der Waals surface area contributed by atoms with Gasteiger partial charge < -0.3 is 24.1 Å². The first kappa shape index (κ1) is 21.9. The number of rotatable bonds is 7. The summed E-state index contributed by atoms with van der Waals surface area (Å²) in [6, 6.07) is 12.7. The predicted molar refractivity (Wildman–Crippen MR) is 124 cm³/mol. The number of anilines is 1. The quantitative estimate of drug-likeness (QED) is 0.612. The van der Waals surface area contributed by atoms with Crippen LogP contribution in [0.3, 0.4) is 0 Å². The van der Waals surface area contributed by atoms with Crippen LogP contribution in [0.4, 0.5) is 5.69 Å². The summed E-state index contributed by atoms with van der Waals surface area (Å²) in [6.45, 7) is 2.19. The van der Waals surface area contributed by atoms with Crippen molar-refractivity contribution in [1.82, 2.24) is 4.57 Å². The number of benzene rings is 2. The molecule has 0 aliphatic carbocycles. The minimum absolute atomic E-state index is 0.0399. The lowest BCUT2D eigenvalue weighted by molar-refractivity contribution is -0.115. The number of amides is 1. The molecular weight excluding hydrogens is 408 g/mol. The lowest BCUT2D eigenvalue weighted by Gasteiger charge is -2.23. The third kappa shape index (κ3) is 4.78. The lowest BCUT2D eigenvalue weighted by Crippen LogP contribution is -2.27.